The number of furan rings is 1. The summed E-state index contributed by atoms with van der Waals surface area (Å²) in [5.74, 6) is -0.276. The Morgan fingerprint density at radius 2 is 2.21 bits per heavy atom. The number of rotatable bonds is 4. The quantitative estimate of drug-likeness (QED) is 0.678. The van der Waals surface area contributed by atoms with E-state index < -0.39 is 5.97 Å². The molecule has 0 radical (unpaired) electrons. The Bertz CT molecular complexity index is 974. The zero-order valence-corrected chi connectivity index (χ0v) is 14.0. The molecular formula is C17H15ClN2O4. The summed E-state index contributed by atoms with van der Waals surface area (Å²) in [4.78, 5) is 29.1. The van der Waals surface area contributed by atoms with Crippen molar-refractivity contribution >= 4 is 28.7 Å². The number of fused-ring (bicyclic) bond motifs is 1. The average Bonchev–Trinajstić information content (AvgIpc) is 2.87. The summed E-state index contributed by atoms with van der Waals surface area (Å²) in [6.45, 7) is 3.80. The Morgan fingerprint density at radius 3 is 2.92 bits per heavy atom. The van der Waals surface area contributed by atoms with E-state index in [1.54, 1.807) is 32.0 Å². The lowest BCUT2D eigenvalue weighted by molar-refractivity contribution is 0.0526. The summed E-state index contributed by atoms with van der Waals surface area (Å²) >= 11 is 5.97. The first-order valence-electron chi connectivity index (χ1n) is 7.41. The van der Waals surface area contributed by atoms with Crippen LogP contribution >= 0.6 is 11.6 Å². The second kappa shape index (κ2) is 6.49. The number of carbonyl (C=O) groups excluding carboxylic acids is 1. The molecule has 0 unspecified atom stereocenters. The van der Waals surface area contributed by atoms with Crippen molar-refractivity contribution in [1.29, 1.82) is 0 Å². The fraction of sp³-hybridized carbons (Fsp3) is 0.235. The highest BCUT2D eigenvalue weighted by molar-refractivity contribution is 6.30. The van der Waals surface area contributed by atoms with E-state index in [2.05, 4.69) is 4.98 Å². The molecule has 7 heteroatoms. The van der Waals surface area contributed by atoms with Crippen LogP contribution in [0.2, 0.25) is 5.02 Å². The van der Waals surface area contributed by atoms with Crippen molar-refractivity contribution in [2.75, 3.05) is 6.61 Å². The Labute approximate surface area is 142 Å². The third kappa shape index (κ3) is 2.92. The largest absolute Gasteiger partial charge is 0.462 e. The minimum absolute atomic E-state index is 0.128. The van der Waals surface area contributed by atoms with Gasteiger partial charge in [0.15, 0.2) is 0 Å². The molecule has 6 nitrogen and oxygen atoms in total. The number of esters is 1. The minimum Gasteiger partial charge on any atom is -0.462 e. The molecule has 0 bridgehead atoms. The molecule has 0 spiro atoms. The van der Waals surface area contributed by atoms with Crippen molar-refractivity contribution in [3.8, 4) is 0 Å². The Balaban J connectivity index is 2.11. The minimum atomic E-state index is -0.590. The highest BCUT2D eigenvalue weighted by Gasteiger charge is 2.23. The van der Waals surface area contributed by atoms with E-state index in [1.807, 2.05) is 6.07 Å². The second-order valence-electron chi connectivity index (χ2n) is 5.24. The van der Waals surface area contributed by atoms with E-state index in [0.717, 1.165) is 5.56 Å². The Kier molecular flexibility index (Phi) is 4.40. The maximum absolute atomic E-state index is 12.8. The highest BCUT2D eigenvalue weighted by atomic mass is 35.5. The molecular weight excluding hydrogens is 332 g/mol. The van der Waals surface area contributed by atoms with Gasteiger partial charge in [-0.2, -0.15) is 0 Å². The number of nitrogens with zero attached hydrogens (tertiary/aromatic N) is 2. The summed E-state index contributed by atoms with van der Waals surface area (Å²) in [6, 6.07) is 7.19. The lowest BCUT2D eigenvalue weighted by Gasteiger charge is -2.06. The monoisotopic (exact) mass is 346 g/mol. The van der Waals surface area contributed by atoms with Gasteiger partial charge < -0.3 is 9.15 Å². The Hall–Kier alpha value is -2.60. The van der Waals surface area contributed by atoms with Gasteiger partial charge in [0, 0.05) is 5.02 Å². The molecule has 24 heavy (non-hydrogen) atoms. The molecule has 0 amide bonds. The van der Waals surface area contributed by atoms with Crippen LogP contribution in [0.1, 0.15) is 28.6 Å². The first kappa shape index (κ1) is 16.3. The van der Waals surface area contributed by atoms with E-state index in [9.17, 15) is 9.59 Å². The van der Waals surface area contributed by atoms with Crippen LogP contribution in [0.5, 0.6) is 0 Å². The van der Waals surface area contributed by atoms with Crippen LogP contribution in [0.3, 0.4) is 0 Å². The van der Waals surface area contributed by atoms with E-state index in [0.29, 0.717) is 10.8 Å². The summed E-state index contributed by atoms with van der Waals surface area (Å²) < 4.78 is 11.8. The lowest BCUT2D eigenvalue weighted by Crippen LogP contribution is -2.22. The molecule has 2 aromatic heterocycles. The van der Waals surface area contributed by atoms with E-state index in [1.165, 1.54) is 10.9 Å². The molecule has 0 aliphatic carbocycles. The fourth-order valence-corrected chi connectivity index (χ4v) is 2.74. The van der Waals surface area contributed by atoms with Crippen LogP contribution in [-0.4, -0.2) is 22.1 Å². The van der Waals surface area contributed by atoms with Gasteiger partial charge >= 0.3 is 5.97 Å². The predicted molar refractivity (Wildman–Crippen MR) is 89.5 cm³/mol. The number of carbonyl (C=O) groups is 1. The zero-order chi connectivity index (χ0) is 17.3. The standard InChI is InChI=1S/C17H15ClN2O4/c1-3-23-17(22)13-10(2)24-15-14(13)16(21)20(9-19-15)8-11-5-4-6-12(18)7-11/h4-7,9H,3,8H2,1-2H3. The van der Waals surface area contributed by atoms with Crippen molar-refractivity contribution in [3.63, 3.8) is 0 Å². The van der Waals surface area contributed by atoms with Gasteiger partial charge in [-0.25, -0.2) is 9.78 Å². The van der Waals surface area contributed by atoms with E-state index in [4.69, 9.17) is 20.8 Å². The van der Waals surface area contributed by atoms with Crippen molar-refractivity contribution < 1.29 is 13.9 Å². The van der Waals surface area contributed by atoms with E-state index >= 15 is 0 Å². The third-order valence-corrected chi connectivity index (χ3v) is 3.81. The van der Waals surface area contributed by atoms with Crippen LogP contribution < -0.4 is 5.56 Å². The van der Waals surface area contributed by atoms with Crippen molar-refractivity contribution in [2.45, 2.75) is 20.4 Å². The van der Waals surface area contributed by atoms with Crippen molar-refractivity contribution in [3.05, 3.63) is 62.9 Å². The molecule has 3 rings (SSSR count). The third-order valence-electron chi connectivity index (χ3n) is 3.58. The fourth-order valence-electron chi connectivity index (χ4n) is 2.53. The van der Waals surface area contributed by atoms with Gasteiger partial charge in [0.1, 0.15) is 23.0 Å². The molecule has 124 valence electrons. The van der Waals surface area contributed by atoms with Crippen molar-refractivity contribution in [1.82, 2.24) is 9.55 Å². The summed E-state index contributed by atoms with van der Waals surface area (Å²) in [5.41, 5.74) is 0.747. The van der Waals surface area contributed by atoms with Crippen LogP contribution in [-0.2, 0) is 11.3 Å². The first-order chi connectivity index (χ1) is 11.5. The molecule has 0 aliphatic rings. The van der Waals surface area contributed by atoms with Gasteiger partial charge in [-0.1, -0.05) is 23.7 Å². The number of aryl methyl sites for hydroxylation is 1. The van der Waals surface area contributed by atoms with Gasteiger partial charge in [0.05, 0.1) is 13.2 Å². The van der Waals surface area contributed by atoms with Crippen LogP contribution in [0.15, 0.2) is 39.8 Å². The molecule has 0 saturated carbocycles. The van der Waals surface area contributed by atoms with Crippen LogP contribution in [0, 0.1) is 6.92 Å². The maximum atomic E-state index is 12.8. The first-order valence-corrected chi connectivity index (χ1v) is 7.79. The number of aromatic nitrogens is 2. The molecule has 0 atom stereocenters. The second-order valence-corrected chi connectivity index (χ2v) is 5.68. The molecule has 0 aliphatic heterocycles. The topological polar surface area (TPSA) is 74.3 Å². The molecule has 0 N–H and O–H groups in total. The molecule has 2 heterocycles. The van der Waals surface area contributed by atoms with Crippen LogP contribution in [0.25, 0.3) is 11.1 Å². The van der Waals surface area contributed by atoms with Gasteiger partial charge in [-0.3, -0.25) is 9.36 Å². The average molecular weight is 347 g/mol. The molecule has 0 fully saturated rings. The number of hydrogen-bond acceptors (Lipinski definition) is 5. The Morgan fingerprint density at radius 1 is 1.42 bits per heavy atom. The van der Waals surface area contributed by atoms with Crippen molar-refractivity contribution in [2.24, 2.45) is 0 Å². The normalized spacial score (nSPS) is 11.0. The van der Waals surface area contributed by atoms with E-state index in [-0.39, 0.29) is 35.4 Å². The molecule has 0 saturated heterocycles. The maximum Gasteiger partial charge on any atom is 0.342 e. The summed E-state index contributed by atoms with van der Waals surface area (Å²) in [5, 5.41) is 0.719. The number of halogens is 1. The van der Waals surface area contributed by atoms with Gasteiger partial charge in [0.25, 0.3) is 5.56 Å². The van der Waals surface area contributed by atoms with Gasteiger partial charge in [-0.15, -0.1) is 0 Å². The molecule has 1 aromatic carbocycles. The smallest absolute Gasteiger partial charge is 0.342 e. The number of ether oxygens (including phenoxy) is 1. The van der Waals surface area contributed by atoms with Gasteiger partial charge in [-0.05, 0) is 31.5 Å². The SMILES string of the molecule is CCOC(=O)c1c(C)oc2ncn(Cc3cccc(Cl)c3)c(=O)c12. The van der Waals surface area contributed by atoms with Gasteiger partial charge in [0.2, 0.25) is 5.71 Å². The zero-order valence-electron chi connectivity index (χ0n) is 13.2. The summed E-state index contributed by atoms with van der Waals surface area (Å²) in [6.07, 6.45) is 1.39. The molecule has 3 aromatic rings. The number of benzene rings is 1. The highest BCUT2D eigenvalue weighted by Crippen LogP contribution is 2.22. The lowest BCUT2D eigenvalue weighted by atomic mass is 10.2. The summed E-state index contributed by atoms with van der Waals surface area (Å²) in [7, 11) is 0. The van der Waals surface area contributed by atoms with Crippen LogP contribution in [0.4, 0.5) is 0 Å². The number of hydrogen-bond donors (Lipinski definition) is 0. The predicted octanol–water partition coefficient (Wildman–Crippen LogP) is 3.18.